The van der Waals surface area contributed by atoms with Crippen LogP contribution in [0.25, 0.3) is 4.98 Å². The first-order chi connectivity index (χ1) is 16.4. The van der Waals surface area contributed by atoms with Crippen molar-refractivity contribution in [3.63, 3.8) is 0 Å². The van der Waals surface area contributed by atoms with E-state index in [2.05, 4.69) is 9.88 Å². The lowest BCUT2D eigenvalue weighted by atomic mass is 10.1. The monoisotopic (exact) mass is 506 g/mol. The average Bonchev–Trinajstić information content (AvgIpc) is 2.78. The summed E-state index contributed by atoms with van der Waals surface area (Å²) in [4.78, 5) is 20.2. The van der Waals surface area contributed by atoms with Crippen LogP contribution in [0.4, 0.5) is 11.4 Å². The average molecular weight is 507 g/mol. The summed E-state index contributed by atoms with van der Waals surface area (Å²) in [5.41, 5.74) is 1.91. The molecule has 1 amide bonds. The van der Waals surface area contributed by atoms with E-state index in [0.717, 1.165) is 5.69 Å². The lowest BCUT2D eigenvalue weighted by Gasteiger charge is -2.37. The SMILES string of the molecule is CC(C)Oc1cc(N2CCN(C(=O)c3ccccc3)CC2)c(OC(C)C)cc1[N+]#N.O=S(=O)([O-])O. The first-order valence-corrected chi connectivity index (χ1v) is 12.4. The molecule has 1 aliphatic heterocycles. The van der Waals surface area contributed by atoms with Crippen LogP contribution in [0.2, 0.25) is 0 Å². The van der Waals surface area contributed by atoms with Crippen molar-refractivity contribution in [1.29, 1.82) is 5.39 Å². The summed E-state index contributed by atoms with van der Waals surface area (Å²) < 4.78 is 44.7. The topological polar surface area (TPSA) is 148 Å². The number of nitrogens with zero attached hydrogens (tertiary/aromatic N) is 4. The zero-order chi connectivity index (χ0) is 26.2. The number of hydrogen-bond donors (Lipinski definition) is 1. The molecule has 1 saturated heterocycles. The van der Waals surface area contributed by atoms with Gasteiger partial charge in [0.2, 0.25) is 21.5 Å². The highest BCUT2D eigenvalue weighted by Crippen LogP contribution is 2.41. The van der Waals surface area contributed by atoms with E-state index < -0.39 is 10.4 Å². The molecule has 0 bridgehead atoms. The first kappa shape index (κ1) is 27.8. The number of ether oxygens (including phenoxy) is 2. The Bertz CT molecular complexity index is 1130. The van der Waals surface area contributed by atoms with E-state index in [-0.39, 0.29) is 18.1 Å². The molecular formula is C23H30N4O7S. The third-order valence-corrected chi connectivity index (χ3v) is 4.80. The van der Waals surface area contributed by atoms with E-state index >= 15 is 0 Å². The Labute approximate surface area is 205 Å². The number of anilines is 1. The number of rotatable bonds is 6. The highest BCUT2D eigenvalue weighted by molar-refractivity contribution is 7.79. The molecular weight excluding hydrogens is 476 g/mol. The predicted molar refractivity (Wildman–Crippen MR) is 130 cm³/mol. The highest BCUT2D eigenvalue weighted by Gasteiger charge is 2.28. The number of diazo groups is 1. The number of carbonyl (C=O) groups is 1. The zero-order valence-electron chi connectivity index (χ0n) is 20.1. The molecule has 11 nitrogen and oxygen atoms in total. The molecule has 0 radical (unpaired) electrons. The Morgan fingerprint density at radius 2 is 1.51 bits per heavy atom. The van der Waals surface area contributed by atoms with Gasteiger partial charge in [-0.15, -0.1) is 0 Å². The van der Waals surface area contributed by atoms with Crippen LogP contribution in [0, 0.1) is 5.39 Å². The quantitative estimate of drug-likeness (QED) is 0.351. The molecule has 0 saturated carbocycles. The van der Waals surface area contributed by atoms with Gasteiger partial charge in [0.25, 0.3) is 5.91 Å². The van der Waals surface area contributed by atoms with Gasteiger partial charge in [0.15, 0.2) is 10.7 Å². The van der Waals surface area contributed by atoms with E-state index in [1.807, 2.05) is 69.0 Å². The first-order valence-electron chi connectivity index (χ1n) is 11.0. The smallest absolute Gasteiger partial charge is 0.430 e. The minimum Gasteiger partial charge on any atom is -0.726 e. The van der Waals surface area contributed by atoms with Gasteiger partial charge >= 0.3 is 5.69 Å². The normalized spacial score (nSPS) is 13.7. The molecule has 3 rings (SSSR count). The van der Waals surface area contributed by atoms with Crippen LogP contribution < -0.4 is 14.4 Å². The van der Waals surface area contributed by atoms with Crippen molar-refractivity contribution in [2.24, 2.45) is 0 Å². The van der Waals surface area contributed by atoms with Crippen LogP contribution >= 0.6 is 0 Å². The number of amides is 1. The van der Waals surface area contributed by atoms with Crippen LogP contribution in [0.5, 0.6) is 11.5 Å². The van der Waals surface area contributed by atoms with Gasteiger partial charge in [0, 0.05) is 37.8 Å². The van der Waals surface area contributed by atoms with E-state index in [0.29, 0.717) is 48.9 Å². The van der Waals surface area contributed by atoms with Gasteiger partial charge in [-0.25, -0.2) is 8.42 Å². The maximum Gasteiger partial charge on any atom is 0.430 e. The van der Waals surface area contributed by atoms with Crippen molar-refractivity contribution < 1.29 is 31.8 Å². The number of hydrogen-bond acceptors (Lipinski definition) is 8. The van der Waals surface area contributed by atoms with Crippen molar-refractivity contribution >= 4 is 27.7 Å². The summed E-state index contributed by atoms with van der Waals surface area (Å²) in [6, 6.07) is 12.9. The summed E-state index contributed by atoms with van der Waals surface area (Å²) in [5, 5.41) is 9.43. The Morgan fingerprint density at radius 1 is 1.00 bits per heavy atom. The van der Waals surface area contributed by atoms with Gasteiger partial charge in [-0.05, 0) is 39.8 Å². The maximum atomic E-state index is 12.7. The minimum absolute atomic E-state index is 0.0342. The molecule has 12 heteroatoms. The molecule has 190 valence electrons. The standard InChI is InChI=1S/C23H29N4O3.H2O4S/c1-16(2)29-21-15-20(22(30-17(3)4)14-19(21)25-24)26-10-12-27(13-11-26)23(28)18-8-6-5-7-9-18;1-5(2,3)4/h5-9,14-17H,10-13H2,1-4H3;(H2,1,2,3,4)/q+1;/p-1. The molecule has 35 heavy (non-hydrogen) atoms. The second-order valence-electron chi connectivity index (χ2n) is 8.29. The fourth-order valence-electron chi connectivity index (χ4n) is 3.47. The number of benzene rings is 2. The van der Waals surface area contributed by atoms with E-state index in [4.69, 9.17) is 27.0 Å². The molecule has 1 N–H and O–H groups in total. The Morgan fingerprint density at radius 3 is 2.00 bits per heavy atom. The summed E-state index contributed by atoms with van der Waals surface area (Å²) in [6.07, 6.45) is -0.0938. The predicted octanol–water partition coefficient (Wildman–Crippen LogP) is 3.71. The third-order valence-electron chi connectivity index (χ3n) is 4.80. The van der Waals surface area contributed by atoms with Crippen LogP contribution in [0.3, 0.4) is 0 Å². The molecule has 1 aliphatic rings. The minimum atomic E-state index is -4.92. The van der Waals surface area contributed by atoms with E-state index in [1.54, 1.807) is 6.07 Å². The third kappa shape index (κ3) is 9.05. The van der Waals surface area contributed by atoms with Crippen molar-refractivity contribution in [3.8, 4) is 11.5 Å². The van der Waals surface area contributed by atoms with Crippen LogP contribution in [0.15, 0.2) is 42.5 Å². The van der Waals surface area contributed by atoms with Gasteiger partial charge in [-0.3, -0.25) is 9.35 Å². The second-order valence-corrected chi connectivity index (χ2v) is 9.15. The van der Waals surface area contributed by atoms with Gasteiger partial charge in [-0.1, -0.05) is 18.2 Å². The Kier molecular flexibility index (Phi) is 9.82. The van der Waals surface area contributed by atoms with E-state index in [1.165, 1.54) is 0 Å². The molecule has 0 spiro atoms. The van der Waals surface area contributed by atoms with Crippen LogP contribution in [0.1, 0.15) is 38.1 Å². The fourth-order valence-corrected chi connectivity index (χ4v) is 3.47. The molecule has 1 fully saturated rings. The molecule has 1 heterocycles. The molecule has 2 aromatic rings. The van der Waals surface area contributed by atoms with Gasteiger partial charge in [-0.2, -0.15) is 0 Å². The Balaban J connectivity index is 0.000000784. The highest BCUT2D eigenvalue weighted by atomic mass is 32.3. The molecule has 0 atom stereocenters. The zero-order valence-corrected chi connectivity index (χ0v) is 20.9. The maximum absolute atomic E-state index is 12.7. The lowest BCUT2D eigenvalue weighted by molar-refractivity contribution is 0.0746. The molecule has 0 aliphatic carbocycles. The molecule has 0 unspecified atom stereocenters. The van der Waals surface area contributed by atoms with Gasteiger partial charge in [0.1, 0.15) is 0 Å². The van der Waals surface area contributed by atoms with Crippen molar-refractivity contribution in [2.75, 3.05) is 31.1 Å². The van der Waals surface area contributed by atoms with Crippen molar-refractivity contribution in [2.45, 2.75) is 39.9 Å². The Hall–Kier alpha value is -3.40. The summed E-state index contributed by atoms with van der Waals surface area (Å²) in [5.74, 6) is 1.19. The number of carbonyl (C=O) groups excluding carboxylic acids is 1. The lowest BCUT2D eigenvalue weighted by Crippen LogP contribution is -2.49. The largest absolute Gasteiger partial charge is 0.726 e. The van der Waals surface area contributed by atoms with Crippen LogP contribution in [-0.2, 0) is 10.4 Å². The fraction of sp³-hybridized carbons (Fsp3) is 0.435. The van der Waals surface area contributed by atoms with Crippen molar-refractivity contribution in [3.05, 3.63) is 53.0 Å². The van der Waals surface area contributed by atoms with E-state index in [9.17, 15) is 10.2 Å². The van der Waals surface area contributed by atoms with Crippen LogP contribution in [-0.4, -0.2) is 66.7 Å². The second kappa shape index (κ2) is 12.3. The summed E-state index contributed by atoms with van der Waals surface area (Å²) in [7, 11) is -4.92. The van der Waals surface area contributed by atoms with Gasteiger partial charge < -0.3 is 23.8 Å². The molecule has 0 aromatic heterocycles. The summed E-state index contributed by atoms with van der Waals surface area (Å²) >= 11 is 0. The van der Waals surface area contributed by atoms with Gasteiger partial charge in [0.05, 0.1) is 24.0 Å². The number of piperazine rings is 1. The molecule has 2 aromatic carbocycles. The van der Waals surface area contributed by atoms with Crippen molar-refractivity contribution in [1.82, 2.24) is 4.90 Å². The summed E-state index contributed by atoms with van der Waals surface area (Å²) in [6.45, 7) is 10.3.